The zero-order valence-corrected chi connectivity index (χ0v) is 23.3. The fraction of sp³-hybridized carbons (Fsp3) is 0.267. The van der Waals surface area contributed by atoms with Gasteiger partial charge in [0, 0.05) is 6.07 Å². The van der Waals surface area contributed by atoms with Gasteiger partial charge in [0.25, 0.3) is 0 Å². The van der Waals surface area contributed by atoms with Crippen molar-refractivity contribution in [1.29, 1.82) is 0 Å². The Kier molecular flexibility index (Phi) is 11.6. The summed E-state index contributed by atoms with van der Waals surface area (Å²) in [6, 6.07) is 18.9. The van der Waals surface area contributed by atoms with Crippen LogP contribution in [0.2, 0.25) is 0 Å². The van der Waals surface area contributed by atoms with Crippen molar-refractivity contribution in [3.8, 4) is 17.2 Å². The lowest BCUT2D eigenvalue weighted by atomic mass is 10.2. The van der Waals surface area contributed by atoms with E-state index in [9.17, 15) is 39.6 Å². The number of carboxylic acids is 4. The molecule has 43 heavy (non-hydrogen) atoms. The molecule has 0 aliphatic carbocycles. The Bertz CT molecular complexity index is 1400. The Morgan fingerprint density at radius 3 is 1.70 bits per heavy atom. The average Bonchev–Trinajstić information content (AvgIpc) is 2.93. The minimum Gasteiger partial charge on any atom is -0.489 e. The summed E-state index contributed by atoms with van der Waals surface area (Å²) in [5.41, 5.74) is 2.14. The van der Waals surface area contributed by atoms with Crippen LogP contribution in [0.15, 0.2) is 66.7 Å². The van der Waals surface area contributed by atoms with Gasteiger partial charge in [-0.25, -0.2) is 0 Å². The monoisotopic (exact) mass is 596 g/mol. The molecule has 4 N–H and O–H groups in total. The smallest absolute Gasteiger partial charge is 0.323 e. The Labute approximate surface area is 247 Å². The topological polar surface area (TPSA) is 183 Å². The van der Waals surface area contributed by atoms with E-state index in [0.29, 0.717) is 5.75 Å². The molecule has 0 heterocycles. The molecule has 0 aliphatic rings. The van der Waals surface area contributed by atoms with Gasteiger partial charge in [-0.05, 0) is 42.3 Å². The quantitative estimate of drug-likeness (QED) is 0.157. The number of carbonyl (C=O) groups is 4. The first-order chi connectivity index (χ1) is 20.5. The highest BCUT2D eigenvalue weighted by Gasteiger charge is 2.21. The van der Waals surface area contributed by atoms with Crippen molar-refractivity contribution in [1.82, 2.24) is 0 Å². The molecule has 0 spiro atoms. The molecule has 0 bridgehead atoms. The van der Waals surface area contributed by atoms with E-state index in [1.165, 1.54) is 12.1 Å². The van der Waals surface area contributed by atoms with Crippen molar-refractivity contribution >= 4 is 35.3 Å². The van der Waals surface area contributed by atoms with Crippen molar-refractivity contribution in [2.45, 2.75) is 13.5 Å². The second kappa shape index (κ2) is 15.5. The number of hydrogen-bond donors (Lipinski definition) is 4. The van der Waals surface area contributed by atoms with Crippen LogP contribution in [-0.4, -0.2) is 83.7 Å². The fourth-order valence-corrected chi connectivity index (χ4v) is 4.10. The van der Waals surface area contributed by atoms with Crippen LogP contribution in [0, 0.1) is 6.92 Å². The van der Waals surface area contributed by atoms with E-state index in [-0.39, 0.29) is 42.7 Å². The maximum Gasteiger partial charge on any atom is 0.323 e. The van der Waals surface area contributed by atoms with Gasteiger partial charge in [-0.3, -0.25) is 19.2 Å². The van der Waals surface area contributed by atoms with Crippen molar-refractivity contribution in [2.24, 2.45) is 0 Å². The fourth-order valence-electron chi connectivity index (χ4n) is 4.10. The number of benzene rings is 3. The number of nitrogens with zero attached hydrogens (tertiary/aromatic N) is 2. The number of aliphatic carboxylic acids is 4. The number of anilines is 2. The number of rotatable bonds is 18. The van der Waals surface area contributed by atoms with Gasteiger partial charge < -0.3 is 44.4 Å². The predicted octanol–water partition coefficient (Wildman–Crippen LogP) is 2.98. The van der Waals surface area contributed by atoms with Crippen LogP contribution in [0.5, 0.6) is 17.2 Å². The first-order valence-electron chi connectivity index (χ1n) is 13.1. The average molecular weight is 597 g/mol. The molecule has 0 fully saturated rings. The summed E-state index contributed by atoms with van der Waals surface area (Å²) in [4.78, 5) is 48.0. The van der Waals surface area contributed by atoms with Crippen molar-refractivity contribution in [3.05, 3.63) is 77.9 Å². The van der Waals surface area contributed by atoms with Gasteiger partial charge in [0.2, 0.25) is 0 Å². The van der Waals surface area contributed by atoms with Crippen molar-refractivity contribution < 1.29 is 53.8 Å². The minimum absolute atomic E-state index is 0.0615. The maximum atomic E-state index is 11.5. The molecule has 3 aromatic rings. The van der Waals surface area contributed by atoms with Gasteiger partial charge in [0.05, 0.1) is 11.4 Å². The van der Waals surface area contributed by atoms with E-state index in [1.54, 1.807) is 31.2 Å². The molecule has 228 valence electrons. The standard InChI is InChI=1S/C30H32N2O11/c1-20-7-9-23(31(15-27(33)34)16-28(35)36)26(13-20)42-12-11-41-25-10-8-22(43-19-21-5-3-2-4-6-21)14-24(25)32(17-29(37)38)18-30(39)40/h2-10,13-14H,11-12,15-19H2,1H3,(H,33,34)(H,35,36)(H,37,38)(H,39,40). The molecule has 0 atom stereocenters. The third kappa shape index (κ3) is 10.5. The first-order valence-corrected chi connectivity index (χ1v) is 13.1. The first kappa shape index (κ1) is 32.1. The summed E-state index contributed by atoms with van der Waals surface area (Å²) < 4.78 is 17.6. The van der Waals surface area contributed by atoms with E-state index < -0.39 is 50.1 Å². The van der Waals surface area contributed by atoms with Crippen LogP contribution >= 0.6 is 0 Å². The lowest BCUT2D eigenvalue weighted by Gasteiger charge is -2.25. The van der Waals surface area contributed by atoms with Crippen molar-refractivity contribution in [2.75, 3.05) is 49.2 Å². The summed E-state index contributed by atoms with van der Waals surface area (Å²) >= 11 is 0. The molecular formula is C30H32N2O11. The largest absolute Gasteiger partial charge is 0.489 e. The highest BCUT2D eigenvalue weighted by atomic mass is 16.5. The zero-order chi connectivity index (χ0) is 31.4. The molecule has 0 radical (unpaired) electrons. The lowest BCUT2D eigenvalue weighted by molar-refractivity contribution is -0.138. The van der Waals surface area contributed by atoms with Crippen molar-refractivity contribution in [3.63, 3.8) is 0 Å². The van der Waals surface area contributed by atoms with Crippen LogP contribution < -0.4 is 24.0 Å². The van der Waals surface area contributed by atoms with Gasteiger partial charge in [-0.2, -0.15) is 0 Å². The summed E-state index contributed by atoms with van der Waals surface area (Å²) in [7, 11) is 0. The van der Waals surface area contributed by atoms with E-state index in [1.807, 2.05) is 30.3 Å². The Balaban J connectivity index is 1.79. The molecule has 13 heteroatoms. The Hall–Kier alpha value is -5.46. The lowest BCUT2D eigenvalue weighted by Crippen LogP contribution is -2.35. The molecule has 0 saturated heterocycles. The van der Waals surface area contributed by atoms with Crippen LogP contribution in [0.4, 0.5) is 11.4 Å². The van der Waals surface area contributed by atoms with E-state index in [0.717, 1.165) is 20.9 Å². The second-order valence-electron chi connectivity index (χ2n) is 9.36. The molecule has 3 rings (SSSR count). The highest BCUT2D eigenvalue weighted by molar-refractivity contribution is 5.82. The second-order valence-corrected chi connectivity index (χ2v) is 9.36. The summed E-state index contributed by atoms with van der Waals surface area (Å²) in [5, 5.41) is 37.3. The number of aryl methyl sites for hydroxylation is 1. The van der Waals surface area contributed by atoms with Crippen LogP contribution in [0.25, 0.3) is 0 Å². The molecular weight excluding hydrogens is 564 g/mol. The maximum absolute atomic E-state index is 11.5. The van der Waals surface area contributed by atoms with Gasteiger partial charge in [0.1, 0.15) is 63.2 Å². The Morgan fingerprint density at radius 2 is 1.14 bits per heavy atom. The van der Waals surface area contributed by atoms with Crippen LogP contribution in [-0.2, 0) is 25.8 Å². The van der Waals surface area contributed by atoms with Gasteiger partial charge >= 0.3 is 23.9 Å². The molecule has 13 nitrogen and oxygen atoms in total. The minimum atomic E-state index is -1.25. The van der Waals surface area contributed by atoms with Gasteiger partial charge in [-0.15, -0.1) is 0 Å². The number of hydrogen-bond acceptors (Lipinski definition) is 9. The molecule has 0 aromatic heterocycles. The molecule has 0 amide bonds. The van der Waals surface area contributed by atoms with Crippen LogP contribution in [0.1, 0.15) is 11.1 Å². The summed E-state index contributed by atoms with van der Waals surface area (Å²) in [6.45, 7) is -0.469. The number of ether oxygens (including phenoxy) is 3. The zero-order valence-electron chi connectivity index (χ0n) is 23.3. The van der Waals surface area contributed by atoms with Gasteiger partial charge in [0.15, 0.2) is 0 Å². The molecule has 0 unspecified atom stereocenters. The summed E-state index contributed by atoms with van der Waals surface area (Å²) in [6.07, 6.45) is 0. The van der Waals surface area contributed by atoms with Crippen LogP contribution in [0.3, 0.4) is 0 Å². The molecule has 0 saturated carbocycles. The summed E-state index contributed by atoms with van der Waals surface area (Å²) in [5.74, 6) is -4.13. The predicted molar refractivity (Wildman–Crippen MR) is 154 cm³/mol. The number of carboxylic acid groups (broad SMARTS) is 4. The third-order valence-electron chi connectivity index (χ3n) is 5.88. The normalized spacial score (nSPS) is 10.4. The molecule has 0 aliphatic heterocycles. The van der Waals surface area contributed by atoms with Gasteiger partial charge in [-0.1, -0.05) is 36.4 Å². The van der Waals surface area contributed by atoms with E-state index in [2.05, 4.69) is 0 Å². The molecule has 3 aromatic carbocycles. The Morgan fingerprint density at radius 1 is 0.605 bits per heavy atom. The van der Waals surface area contributed by atoms with E-state index in [4.69, 9.17) is 14.2 Å². The SMILES string of the molecule is Cc1ccc(N(CC(=O)O)CC(=O)O)c(OCCOc2ccc(OCc3ccccc3)cc2N(CC(=O)O)CC(=O)O)c1. The third-order valence-corrected chi connectivity index (χ3v) is 5.88. The van der Waals surface area contributed by atoms with E-state index >= 15 is 0 Å². The highest BCUT2D eigenvalue weighted by Crippen LogP contribution is 2.34.